The number of nitrogens with one attached hydrogen (secondary N) is 2. The van der Waals surface area contributed by atoms with Crippen LogP contribution in [-0.2, 0) is 11.3 Å². The maximum absolute atomic E-state index is 12.8. The van der Waals surface area contributed by atoms with E-state index < -0.39 is 5.82 Å². The normalized spacial score (nSPS) is 10.1. The summed E-state index contributed by atoms with van der Waals surface area (Å²) in [6.07, 6.45) is 2.74. The fourth-order valence-electron chi connectivity index (χ4n) is 2.08. The highest BCUT2D eigenvalue weighted by Gasteiger charge is 2.07. The zero-order chi connectivity index (χ0) is 18.1. The van der Waals surface area contributed by atoms with Crippen LogP contribution in [0.4, 0.5) is 10.2 Å². The average Bonchev–Trinajstić information content (AvgIpc) is 3.04. The number of aromatic nitrogens is 2. The van der Waals surface area contributed by atoms with Gasteiger partial charge in [-0.25, -0.2) is 4.39 Å². The minimum Gasteiger partial charge on any atom is -0.352 e. The van der Waals surface area contributed by atoms with Gasteiger partial charge in [0.05, 0.1) is 19.0 Å². The summed E-state index contributed by atoms with van der Waals surface area (Å²) in [6, 6.07) is 8.93. The molecule has 0 saturated heterocycles. The van der Waals surface area contributed by atoms with Crippen LogP contribution in [0.3, 0.4) is 0 Å². The standard InChI is InChI=1S/C17H18FN5O2/c18-14-6-4-13(5-7-14)17(25)20-10-1-3-16(24)21-15-8-12-23(22-15)11-2-9-19/h4-8,12H,1-3,10-11H2,(H,20,25)(H,21,22,24). The van der Waals surface area contributed by atoms with Crippen LogP contribution >= 0.6 is 0 Å². The number of carbonyl (C=O) groups is 2. The first-order valence-corrected chi connectivity index (χ1v) is 7.82. The molecule has 0 fully saturated rings. The van der Waals surface area contributed by atoms with Gasteiger partial charge in [-0.15, -0.1) is 0 Å². The largest absolute Gasteiger partial charge is 0.352 e. The molecule has 2 rings (SSSR count). The van der Waals surface area contributed by atoms with E-state index in [2.05, 4.69) is 15.7 Å². The number of hydrogen-bond donors (Lipinski definition) is 2. The van der Waals surface area contributed by atoms with Crippen molar-refractivity contribution < 1.29 is 14.0 Å². The highest BCUT2D eigenvalue weighted by molar-refractivity contribution is 5.94. The Labute approximate surface area is 144 Å². The Bertz CT molecular complexity index is 764. The highest BCUT2D eigenvalue weighted by atomic mass is 19.1. The summed E-state index contributed by atoms with van der Waals surface area (Å²) in [5.74, 6) is -0.486. The monoisotopic (exact) mass is 343 g/mol. The molecule has 2 aromatic rings. The number of halogens is 1. The summed E-state index contributed by atoms with van der Waals surface area (Å²) in [5, 5.41) is 18.0. The second kappa shape index (κ2) is 9.17. The molecule has 1 aromatic carbocycles. The molecule has 8 heteroatoms. The van der Waals surface area contributed by atoms with Crippen molar-refractivity contribution in [3.05, 3.63) is 47.9 Å². The first-order chi connectivity index (χ1) is 12.1. The van der Waals surface area contributed by atoms with Crippen LogP contribution in [-0.4, -0.2) is 28.1 Å². The lowest BCUT2D eigenvalue weighted by Gasteiger charge is -2.05. The van der Waals surface area contributed by atoms with Crippen molar-refractivity contribution in [3.63, 3.8) is 0 Å². The van der Waals surface area contributed by atoms with Crippen LogP contribution in [0.1, 0.15) is 29.6 Å². The van der Waals surface area contributed by atoms with E-state index in [0.29, 0.717) is 37.3 Å². The molecule has 25 heavy (non-hydrogen) atoms. The van der Waals surface area contributed by atoms with E-state index in [-0.39, 0.29) is 18.2 Å². The van der Waals surface area contributed by atoms with Crippen molar-refractivity contribution in [2.75, 3.05) is 11.9 Å². The van der Waals surface area contributed by atoms with E-state index in [1.807, 2.05) is 6.07 Å². The van der Waals surface area contributed by atoms with Gasteiger partial charge in [-0.1, -0.05) is 0 Å². The lowest BCUT2D eigenvalue weighted by atomic mass is 10.2. The smallest absolute Gasteiger partial charge is 0.251 e. The third-order valence-corrected chi connectivity index (χ3v) is 3.33. The summed E-state index contributed by atoms with van der Waals surface area (Å²) in [7, 11) is 0. The molecule has 2 amide bonds. The molecule has 130 valence electrons. The molecule has 0 radical (unpaired) electrons. The second-order valence-corrected chi connectivity index (χ2v) is 5.29. The molecule has 0 aliphatic heterocycles. The third-order valence-electron chi connectivity index (χ3n) is 3.33. The molecule has 0 spiro atoms. The lowest BCUT2D eigenvalue weighted by molar-refractivity contribution is -0.116. The SMILES string of the molecule is N#CCCn1ccc(NC(=O)CCCNC(=O)c2ccc(F)cc2)n1. The van der Waals surface area contributed by atoms with Crippen molar-refractivity contribution in [2.45, 2.75) is 25.8 Å². The second-order valence-electron chi connectivity index (χ2n) is 5.29. The molecule has 1 heterocycles. The number of aryl methyl sites for hydroxylation is 1. The van der Waals surface area contributed by atoms with Gasteiger partial charge in [-0.2, -0.15) is 10.4 Å². The van der Waals surface area contributed by atoms with Crippen molar-refractivity contribution in [1.82, 2.24) is 15.1 Å². The van der Waals surface area contributed by atoms with E-state index in [9.17, 15) is 14.0 Å². The van der Waals surface area contributed by atoms with Gasteiger partial charge >= 0.3 is 0 Å². The molecule has 7 nitrogen and oxygen atoms in total. The molecule has 0 bridgehead atoms. The van der Waals surface area contributed by atoms with E-state index >= 15 is 0 Å². The van der Waals surface area contributed by atoms with Crippen LogP contribution in [0, 0.1) is 17.1 Å². The van der Waals surface area contributed by atoms with E-state index in [1.54, 1.807) is 16.9 Å². The molecule has 0 atom stereocenters. The average molecular weight is 343 g/mol. The molecule has 0 saturated carbocycles. The van der Waals surface area contributed by atoms with Crippen LogP contribution in [0.2, 0.25) is 0 Å². The Morgan fingerprint density at radius 2 is 2.00 bits per heavy atom. The fraction of sp³-hybridized carbons (Fsp3) is 0.294. The summed E-state index contributed by atoms with van der Waals surface area (Å²) < 4.78 is 14.4. The van der Waals surface area contributed by atoms with Crippen molar-refractivity contribution in [1.29, 1.82) is 5.26 Å². The number of carbonyl (C=O) groups excluding carboxylic acids is 2. The van der Waals surface area contributed by atoms with Crippen LogP contribution in [0.5, 0.6) is 0 Å². The summed E-state index contributed by atoms with van der Waals surface area (Å²) in [6.45, 7) is 0.808. The fourth-order valence-corrected chi connectivity index (χ4v) is 2.08. The number of anilines is 1. The zero-order valence-corrected chi connectivity index (χ0v) is 13.5. The molecule has 0 unspecified atom stereocenters. The van der Waals surface area contributed by atoms with Gasteiger partial charge in [-0.05, 0) is 30.7 Å². The predicted octanol–water partition coefficient (Wildman–Crippen LogP) is 2.08. The Kier molecular flexibility index (Phi) is 6.65. The van der Waals surface area contributed by atoms with E-state index in [4.69, 9.17) is 5.26 Å². The van der Waals surface area contributed by atoms with Crippen LogP contribution in [0.15, 0.2) is 36.5 Å². The highest BCUT2D eigenvalue weighted by Crippen LogP contribution is 2.05. The number of benzene rings is 1. The van der Waals surface area contributed by atoms with Crippen LogP contribution < -0.4 is 10.6 Å². The Morgan fingerprint density at radius 3 is 2.72 bits per heavy atom. The topological polar surface area (TPSA) is 99.8 Å². The molecule has 0 aliphatic rings. The minimum atomic E-state index is -0.400. The van der Waals surface area contributed by atoms with Crippen molar-refractivity contribution in [3.8, 4) is 6.07 Å². The minimum absolute atomic E-state index is 0.207. The maximum atomic E-state index is 12.8. The van der Waals surface area contributed by atoms with Crippen LogP contribution in [0.25, 0.3) is 0 Å². The molecule has 1 aromatic heterocycles. The number of nitriles is 1. The molecule has 0 aliphatic carbocycles. The Balaban J connectivity index is 1.66. The van der Waals surface area contributed by atoms with E-state index in [0.717, 1.165) is 0 Å². The lowest BCUT2D eigenvalue weighted by Crippen LogP contribution is -2.25. The predicted molar refractivity (Wildman–Crippen MR) is 89.1 cm³/mol. The van der Waals surface area contributed by atoms with Gasteiger partial charge in [0.2, 0.25) is 5.91 Å². The summed E-state index contributed by atoms with van der Waals surface area (Å²) in [4.78, 5) is 23.6. The van der Waals surface area contributed by atoms with Gasteiger partial charge in [0.1, 0.15) is 5.82 Å². The third kappa shape index (κ3) is 6.06. The number of amides is 2. The van der Waals surface area contributed by atoms with Gasteiger partial charge in [0.15, 0.2) is 5.82 Å². The first-order valence-electron chi connectivity index (χ1n) is 7.82. The number of rotatable bonds is 8. The van der Waals surface area contributed by atoms with Crippen molar-refractivity contribution >= 4 is 17.6 Å². The summed E-state index contributed by atoms with van der Waals surface area (Å²) in [5.41, 5.74) is 0.369. The van der Waals surface area contributed by atoms with Gasteiger partial charge in [0, 0.05) is 30.8 Å². The van der Waals surface area contributed by atoms with Gasteiger partial charge in [0.25, 0.3) is 5.91 Å². The van der Waals surface area contributed by atoms with E-state index in [1.165, 1.54) is 24.3 Å². The Hall–Kier alpha value is -3.21. The van der Waals surface area contributed by atoms with Gasteiger partial charge in [-0.3, -0.25) is 14.3 Å². The quantitative estimate of drug-likeness (QED) is 0.717. The molecule has 2 N–H and O–H groups in total. The maximum Gasteiger partial charge on any atom is 0.251 e. The van der Waals surface area contributed by atoms with Gasteiger partial charge < -0.3 is 10.6 Å². The number of nitrogens with zero attached hydrogens (tertiary/aromatic N) is 3. The zero-order valence-electron chi connectivity index (χ0n) is 13.5. The first kappa shape index (κ1) is 18.1. The molecular weight excluding hydrogens is 325 g/mol. The van der Waals surface area contributed by atoms with Crippen molar-refractivity contribution in [2.24, 2.45) is 0 Å². The molecular formula is C17H18FN5O2. The summed E-state index contributed by atoms with van der Waals surface area (Å²) >= 11 is 0. The Morgan fingerprint density at radius 1 is 1.24 bits per heavy atom. The number of hydrogen-bond acceptors (Lipinski definition) is 4.